The maximum absolute atomic E-state index is 6.01. The summed E-state index contributed by atoms with van der Waals surface area (Å²) in [5.74, 6) is 1.00. The van der Waals surface area contributed by atoms with Crippen LogP contribution in [0.5, 0.6) is 0 Å². The lowest BCUT2D eigenvalue weighted by molar-refractivity contribution is 0.734. The van der Waals surface area contributed by atoms with Crippen molar-refractivity contribution in [1.82, 2.24) is 9.38 Å². The van der Waals surface area contributed by atoms with Gasteiger partial charge in [0, 0.05) is 31.0 Å². The molecule has 2 aromatic heterocycles. The number of aryl methyl sites for hydroxylation is 1. The minimum Gasteiger partial charge on any atom is -0.370 e. The number of hydrogen-bond donors (Lipinski definition) is 2. The molecule has 26 heavy (non-hydrogen) atoms. The fourth-order valence-corrected chi connectivity index (χ4v) is 2.93. The van der Waals surface area contributed by atoms with Crippen LogP contribution in [0.1, 0.15) is 43.0 Å². The highest BCUT2D eigenvalue weighted by Gasteiger charge is 2.04. The molecule has 1 aromatic carbocycles. The number of nitrogens with two attached hydrogens (primary N) is 1. The molecule has 0 saturated carbocycles. The fraction of sp³-hybridized carbons (Fsp3) is 0.333. The second kappa shape index (κ2) is 8.04. The van der Waals surface area contributed by atoms with Crippen molar-refractivity contribution >= 4 is 17.3 Å². The molecule has 5 nitrogen and oxygen atoms in total. The van der Waals surface area contributed by atoms with Crippen LogP contribution < -0.4 is 11.1 Å². The van der Waals surface area contributed by atoms with Crippen LogP contribution in [-0.2, 0) is 6.42 Å². The standard InChI is InChI=1S/C21H27N5/c1-4-15(2)17-7-9-18(10-8-17)25-21(22)23-12-11-19-14-26-13-5-6-16(3)20(26)24-19/h5-10,13-15H,4,11-12H2,1-3H3,(H3,22,23,25). The van der Waals surface area contributed by atoms with Crippen molar-refractivity contribution in [2.24, 2.45) is 10.7 Å². The first-order valence-electron chi connectivity index (χ1n) is 9.17. The Morgan fingerprint density at radius 2 is 2.04 bits per heavy atom. The number of fused-ring (bicyclic) bond motifs is 1. The molecule has 3 aromatic rings. The molecule has 3 N–H and O–H groups in total. The molecule has 0 aliphatic rings. The number of nitrogens with zero attached hydrogens (tertiary/aromatic N) is 3. The third-order valence-corrected chi connectivity index (χ3v) is 4.74. The monoisotopic (exact) mass is 349 g/mol. The Morgan fingerprint density at radius 3 is 2.73 bits per heavy atom. The van der Waals surface area contributed by atoms with Crippen LogP contribution in [0.15, 0.2) is 53.8 Å². The minimum atomic E-state index is 0.432. The van der Waals surface area contributed by atoms with Crippen LogP contribution in [0.2, 0.25) is 0 Å². The lowest BCUT2D eigenvalue weighted by Gasteiger charge is -2.10. The molecule has 0 spiro atoms. The predicted molar refractivity (Wildman–Crippen MR) is 109 cm³/mol. The van der Waals surface area contributed by atoms with E-state index in [4.69, 9.17) is 5.73 Å². The molecule has 1 unspecified atom stereocenters. The average molecular weight is 349 g/mol. The summed E-state index contributed by atoms with van der Waals surface area (Å²) in [6, 6.07) is 12.5. The molecule has 2 heterocycles. The van der Waals surface area contributed by atoms with Gasteiger partial charge in [0.15, 0.2) is 5.96 Å². The maximum Gasteiger partial charge on any atom is 0.193 e. The van der Waals surface area contributed by atoms with Crippen molar-refractivity contribution in [2.45, 2.75) is 39.5 Å². The van der Waals surface area contributed by atoms with E-state index in [0.717, 1.165) is 29.9 Å². The van der Waals surface area contributed by atoms with E-state index in [2.05, 4.69) is 77.0 Å². The van der Waals surface area contributed by atoms with E-state index in [9.17, 15) is 0 Å². The molecule has 0 amide bonds. The van der Waals surface area contributed by atoms with Crippen molar-refractivity contribution in [3.63, 3.8) is 0 Å². The number of nitrogens with one attached hydrogen (secondary N) is 1. The number of imidazole rings is 1. The molecule has 0 aliphatic heterocycles. The number of aliphatic imine (C=N–C) groups is 1. The van der Waals surface area contributed by atoms with E-state index in [1.807, 2.05) is 12.3 Å². The number of guanidine groups is 1. The summed E-state index contributed by atoms with van der Waals surface area (Å²) in [6.45, 7) is 7.11. The maximum atomic E-state index is 6.01. The van der Waals surface area contributed by atoms with Gasteiger partial charge in [-0.1, -0.05) is 32.0 Å². The summed E-state index contributed by atoms with van der Waals surface area (Å²) >= 11 is 0. The van der Waals surface area contributed by atoms with Gasteiger partial charge in [0.25, 0.3) is 0 Å². The number of rotatable bonds is 6. The topological polar surface area (TPSA) is 67.7 Å². The number of hydrogen-bond acceptors (Lipinski definition) is 2. The Hall–Kier alpha value is -2.82. The van der Waals surface area contributed by atoms with Crippen molar-refractivity contribution in [3.8, 4) is 0 Å². The first kappa shape index (κ1) is 18.0. The van der Waals surface area contributed by atoms with Crippen molar-refractivity contribution < 1.29 is 0 Å². The number of pyridine rings is 1. The minimum absolute atomic E-state index is 0.432. The zero-order chi connectivity index (χ0) is 18.5. The number of aromatic nitrogens is 2. The van der Waals surface area contributed by atoms with Gasteiger partial charge in [0.2, 0.25) is 0 Å². The van der Waals surface area contributed by atoms with Gasteiger partial charge in [-0.15, -0.1) is 0 Å². The van der Waals surface area contributed by atoms with Crippen molar-refractivity contribution in [2.75, 3.05) is 11.9 Å². The van der Waals surface area contributed by atoms with Crippen LogP contribution >= 0.6 is 0 Å². The molecule has 0 radical (unpaired) electrons. The first-order chi connectivity index (χ1) is 12.6. The number of anilines is 1. The Balaban J connectivity index is 1.57. The van der Waals surface area contributed by atoms with Gasteiger partial charge in [-0.05, 0) is 48.6 Å². The SMILES string of the molecule is CCC(C)c1ccc(NC(N)=NCCc2cn3cccc(C)c3n2)cc1. The Kier molecular flexibility index (Phi) is 5.56. The van der Waals surface area contributed by atoms with Gasteiger partial charge in [0.1, 0.15) is 5.65 Å². The summed E-state index contributed by atoms with van der Waals surface area (Å²) in [7, 11) is 0. The third-order valence-electron chi connectivity index (χ3n) is 4.74. The highest BCUT2D eigenvalue weighted by Crippen LogP contribution is 2.20. The molecule has 1 atom stereocenters. The van der Waals surface area contributed by atoms with E-state index in [1.54, 1.807) is 0 Å². The van der Waals surface area contributed by atoms with Gasteiger partial charge in [-0.25, -0.2) is 4.98 Å². The van der Waals surface area contributed by atoms with Crippen molar-refractivity contribution in [3.05, 3.63) is 65.6 Å². The zero-order valence-corrected chi connectivity index (χ0v) is 15.7. The Morgan fingerprint density at radius 1 is 1.27 bits per heavy atom. The quantitative estimate of drug-likeness (QED) is 0.519. The van der Waals surface area contributed by atoms with Crippen LogP contribution in [0, 0.1) is 6.92 Å². The summed E-state index contributed by atoms with van der Waals surface area (Å²) in [6.07, 6.45) is 5.96. The summed E-state index contributed by atoms with van der Waals surface area (Å²) in [5, 5.41) is 3.15. The van der Waals surface area contributed by atoms with E-state index in [0.29, 0.717) is 18.4 Å². The molecule has 136 valence electrons. The molecular weight excluding hydrogens is 322 g/mol. The molecule has 3 rings (SSSR count). The van der Waals surface area contributed by atoms with Crippen LogP contribution in [0.25, 0.3) is 5.65 Å². The highest BCUT2D eigenvalue weighted by molar-refractivity contribution is 5.92. The lowest BCUT2D eigenvalue weighted by Crippen LogP contribution is -2.23. The van der Waals surface area contributed by atoms with Gasteiger partial charge < -0.3 is 15.5 Å². The molecule has 0 fully saturated rings. The second-order valence-corrected chi connectivity index (χ2v) is 6.73. The molecule has 0 aliphatic carbocycles. The zero-order valence-electron chi connectivity index (χ0n) is 15.7. The first-order valence-corrected chi connectivity index (χ1v) is 9.17. The van der Waals surface area contributed by atoms with Crippen LogP contribution in [-0.4, -0.2) is 21.9 Å². The summed E-state index contributed by atoms with van der Waals surface area (Å²) in [4.78, 5) is 9.07. The smallest absolute Gasteiger partial charge is 0.193 e. The van der Waals surface area contributed by atoms with E-state index in [-0.39, 0.29) is 0 Å². The van der Waals surface area contributed by atoms with Gasteiger partial charge in [-0.3, -0.25) is 4.99 Å². The Bertz CT molecular complexity index is 892. The number of benzene rings is 1. The largest absolute Gasteiger partial charge is 0.370 e. The Labute approximate surface area is 155 Å². The molecular formula is C21H27N5. The van der Waals surface area contributed by atoms with Crippen LogP contribution in [0.3, 0.4) is 0 Å². The third kappa shape index (κ3) is 4.23. The lowest BCUT2D eigenvalue weighted by atomic mass is 9.99. The van der Waals surface area contributed by atoms with Gasteiger partial charge >= 0.3 is 0 Å². The highest BCUT2D eigenvalue weighted by atomic mass is 15.1. The molecule has 0 bridgehead atoms. The average Bonchev–Trinajstić information content (AvgIpc) is 3.06. The molecule has 5 heteroatoms. The molecule has 0 saturated heterocycles. The normalized spacial score (nSPS) is 13.1. The summed E-state index contributed by atoms with van der Waals surface area (Å²) < 4.78 is 2.05. The van der Waals surface area contributed by atoms with Gasteiger partial charge in [0.05, 0.1) is 5.69 Å². The van der Waals surface area contributed by atoms with E-state index < -0.39 is 0 Å². The second-order valence-electron chi connectivity index (χ2n) is 6.73. The van der Waals surface area contributed by atoms with E-state index >= 15 is 0 Å². The van der Waals surface area contributed by atoms with Gasteiger partial charge in [-0.2, -0.15) is 0 Å². The predicted octanol–water partition coefficient (Wildman–Crippen LogP) is 4.13. The van der Waals surface area contributed by atoms with E-state index in [1.165, 1.54) is 11.1 Å². The van der Waals surface area contributed by atoms with Crippen molar-refractivity contribution in [1.29, 1.82) is 0 Å². The van der Waals surface area contributed by atoms with Crippen LogP contribution in [0.4, 0.5) is 5.69 Å². The fourth-order valence-electron chi connectivity index (χ4n) is 2.93. The summed E-state index contributed by atoms with van der Waals surface area (Å²) in [5.41, 5.74) is 11.5.